The number of thioether (sulfide) groups is 1. The Balaban J connectivity index is 1.85. The summed E-state index contributed by atoms with van der Waals surface area (Å²) in [6.45, 7) is 6.75. The lowest BCUT2D eigenvalue weighted by Gasteiger charge is -2.41. The summed E-state index contributed by atoms with van der Waals surface area (Å²) in [4.78, 5) is 0. The van der Waals surface area contributed by atoms with Crippen LogP contribution in [0.1, 0.15) is 71.6 Å². The van der Waals surface area contributed by atoms with Crippen molar-refractivity contribution in [1.29, 1.82) is 0 Å². The van der Waals surface area contributed by atoms with Crippen molar-refractivity contribution in [3.8, 4) is 0 Å². The molecule has 0 radical (unpaired) electrons. The zero-order valence-corrected chi connectivity index (χ0v) is 15.0. The maximum absolute atomic E-state index is 6.21. The van der Waals surface area contributed by atoms with Gasteiger partial charge in [-0.05, 0) is 50.3 Å². The Morgan fingerprint density at radius 1 is 1.24 bits per heavy atom. The van der Waals surface area contributed by atoms with Gasteiger partial charge in [-0.3, -0.25) is 0 Å². The molecule has 2 saturated heterocycles. The Bertz CT molecular complexity index is 278. The molecule has 0 saturated carbocycles. The van der Waals surface area contributed by atoms with Gasteiger partial charge in [-0.15, -0.1) is 0 Å². The Kier molecular flexibility index (Phi) is 7.90. The molecule has 2 nitrogen and oxygen atoms in total. The average Bonchev–Trinajstić information content (AvgIpc) is 2.94. The van der Waals surface area contributed by atoms with E-state index in [0.717, 1.165) is 18.6 Å². The van der Waals surface area contributed by atoms with Crippen molar-refractivity contribution in [2.75, 3.05) is 24.7 Å². The number of unbranched alkanes of at least 4 members (excludes halogenated alkanes) is 3. The third-order valence-corrected chi connectivity index (χ3v) is 6.42. The molecule has 3 unspecified atom stereocenters. The highest BCUT2D eigenvalue weighted by Gasteiger charge is 2.42. The van der Waals surface area contributed by atoms with Gasteiger partial charge in [0.1, 0.15) is 0 Å². The fourth-order valence-corrected chi connectivity index (χ4v) is 5.28. The average molecular weight is 314 g/mol. The van der Waals surface area contributed by atoms with Crippen LogP contribution in [0.25, 0.3) is 0 Å². The lowest BCUT2D eigenvalue weighted by molar-refractivity contribution is -0.0855. The minimum Gasteiger partial charge on any atom is -0.374 e. The van der Waals surface area contributed by atoms with E-state index in [9.17, 15) is 0 Å². The smallest absolute Gasteiger partial charge is 0.0783 e. The van der Waals surface area contributed by atoms with Gasteiger partial charge in [-0.1, -0.05) is 39.5 Å². The number of hydrogen-bond donors (Lipinski definition) is 1. The van der Waals surface area contributed by atoms with E-state index in [1.165, 1.54) is 75.8 Å². The van der Waals surface area contributed by atoms with Crippen LogP contribution in [-0.4, -0.2) is 36.3 Å². The Morgan fingerprint density at radius 2 is 2.14 bits per heavy atom. The molecule has 2 aliphatic heterocycles. The molecule has 1 spiro atoms. The van der Waals surface area contributed by atoms with E-state index in [1.54, 1.807) is 0 Å². The number of ether oxygens (including phenoxy) is 1. The molecule has 3 atom stereocenters. The summed E-state index contributed by atoms with van der Waals surface area (Å²) in [5.41, 5.74) is 0.239. The molecule has 2 fully saturated rings. The number of rotatable bonds is 9. The fourth-order valence-electron chi connectivity index (χ4n) is 3.90. The quantitative estimate of drug-likeness (QED) is 0.627. The molecule has 0 aromatic rings. The van der Waals surface area contributed by atoms with Gasteiger partial charge in [-0.2, -0.15) is 11.8 Å². The largest absolute Gasteiger partial charge is 0.374 e. The van der Waals surface area contributed by atoms with Crippen molar-refractivity contribution in [2.45, 2.75) is 83.3 Å². The molecule has 2 heterocycles. The normalized spacial score (nSPS) is 30.9. The highest BCUT2D eigenvalue weighted by Crippen LogP contribution is 2.41. The first-order chi connectivity index (χ1) is 10.3. The third-order valence-electron chi connectivity index (χ3n) is 5.19. The Labute approximate surface area is 136 Å². The highest BCUT2D eigenvalue weighted by atomic mass is 32.2. The van der Waals surface area contributed by atoms with Crippen molar-refractivity contribution >= 4 is 11.8 Å². The third kappa shape index (κ3) is 5.44. The molecule has 2 rings (SSSR count). The van der Waals surface area contributed by atoms with Gasteiger partial charge in [-0.25, -0.2) is 0 Å². The first-order valence-corrected chi connectivity index (χ1v) is 10.4. The van der Waals surface area contributed by atoms with E-state index in [-0.39, 0.29) is 5.60 Å². The molecule has 21 heavy (non-hydrogen) atoms. The Hall–Kier alpha value is 0.270. The minimum absolute atomic E-state index is 0.239. The maximum Gasteiger partial charge on any atom is 0.0783 e. The van der Waals surface area contributed by atoms with Gasteiger partial charge in [0.15, 0.2) is 0 Å². The molecule has 3 heteroatoms. The van der Waals surface area contributed by atoms with E-state index in [4.69, 9.17) is 4.74 Å². The van der Waals surface area contributed by atoms with Crippen LogP contribution in [-0.2, 0) is 4.74 Å². The summed E-state index contributed by atoms with van der Waals surface area (Å²) in [5, 5.41) is 3.86. The molecule has 1 N–H and O–H groups in total. The molecular formula is C18H35NOS. The predicted molar refractivity (Wildman–Crippen MR) is 94.2 cm³/mol. The van der Waals surface area contributed by atoms with Crippen molar-refractivity contribution in [3.05, 3.63) is 0 Å². The summed E-state index contributed by atoms with van der Waals surface area (Å²) < 4.78 is 6.21. The molecule has 2 aliphatic rings. The summed E-state index contributed by atoms with van der Waals surface area (Å²) in [7, 11) is 0. The standard InChI is InChI=1S/C18H35NOS/c1-3-5-6-7-8-17(19-11-4-2)16-9-12-20-18(14-16)10-13-21-15-18/h16-17,19H,3-15H2,1-2H3. The van der Waals surface area contributed by atoms with Gasteiger partial charge in [0, 0.05) is 18.4 Å². The van der Waals surface area contributed by atoms with Crippen molar-refractivity contribution < 1.29 is 4.74 Å². The van der Waals surface area contributed by atoms with Crippen LogP contribution in [0.2, 0.25) is 0 Å². The van der Waals surface area contributed by atoms with Gasteiger partial charge in [0.2, 0.25) is 0 Å². The molecule has 0 aromatic heterocycles. The van der Waals surface area contributed by atoms with Crippen LogP contribution in [0, 0.1) is 5.92 Å². The molecule has 0 bridgehead atoms. The monoisotopic (exact) mass is 313 g/mol. The van der Waals surface area contributed by atoms with Crippen LogP contribution in [0.3, 0.4) is 0 Å². The van der Waals surface area contributed by atoms with E-state index < -0.39 is 0 Å². The summed E-state index contributed by atoms with van der Waals surface area (Å²) in [6.07, 6.45) is 12.0. The molecule has 0 aliphatic carbocycles. The zero-order valence-electron chi connectivity index (χ0n) is 14.2. The van der Waals surface area contributed by atoms with Crippen molar-refractivity contribution in [3.63, 3.8) is 0 Å². The van der Waals surface area contributed by atoms with E-state index in [0.29, 0.717) is 0 Å². The number of nitrogens with one attached hydrogen (secondary N) is 1. The predicted octanol–water partition coefficient (Wildman–Crippen LogP) is 4.63. The van der Waals surface area contributed by atoms with Crippen LogP contribution >= 0.6 is 11.8 Å². The first kappa shape index (κ1) is 17.6. The second-order valence-corrected chi connectivity index (χ2v) is 8.10. The van der Waals surface area contributed by atoms with Gasteiger partial charge in [0.05, 0.1) is 5.60 Å². The summed E-state index contributed by atoms with van der Waals surface area (Å²) in [6, 6.07) is 0.730. The van der Waals surface area contributed by atoms with Gasteiger partial charge in [0.25, 0.3) is 0 Å². The number of hydrogen-bond acceptors (Lipinski definition) is 3. The maximum atomic E-state index is 6.21. The molecule has 124 valence electrons. The lowest BCUT2D eigenvalue weighted by atomic mass is 9.79. The summed E-state index contributed by atoms with van der Waals surface area (Å²) in [5.74, 6) is 3.38. The highest BCUT2D eigenvalue weighted by molar-refractivity contribution is 7.99. The molecule has 0 amide bonds. The van der Waals surface area contributed by atoms with Crippen LogP contribution in [0.4, 0.5) is 0 Å². The van der Waals surface area contributed by atoms with Crippen LogP contribution in [0.5, 0.6) is 0 Å². The second-order valence-electron chi connectivity index (χ2n) is 7.00. The van der Waals surface area contributed by atoms with E-state index in [2.05, 4.69) is 30.9 Å². The van der Waals surface area contributed by atoms with Crippen LogP contribution in [0.15, 0.2) is 0 Å². The van der Waals surface area contributed by atoms with Gasteiger partial charge >= 0.3 is 0 Å². The van der Waals surface area contributed by atoms with Crippen molar-refractivity contribution in [2.24, 2.45) is 5.92 Å². The fraction of sp³-hybridized carbons (Fsp3) is 1.00. The first-order valence-electron chi connectivity index (χ1n) is 9.25. The Morgan fingerprint density at radius 3 is 2.86 bits per heavy atom. The van der Waals surface area contributed by atoms with E-state index in [1.807, 2.05) is 0 Å². The second kappa shape index (κ2) is 9.42. The topological polar surface area (TPSA) is 21.3 Å². The minimum atomic E-state index is 0.239. The van der Waals surface area contributed by atoms with E-state index >= 15 is 0 Å². The van der Waals surface area contributed by atoms with Gasteiger partial charge < -0.3 is 10.1 Å². The zero-order chi connectivity index (χ0) is 15.0. The van der Waals surface area contributed by atoms with Crippen LogP contribution < -0.4 is 5.32 Å². The SMILES string of the molecule is CCCCCCC(NCCC)C1CCOC2(CCSC2)C1. The molecular weight excluding hydrogens is 278 g/mol. The lowest BCUT2D eigenvalue weighted by Crippen LogP contribution is -2.47. The van der Waals surface area contributed by atoms with Crippen molar-refractivity contribution in [1.82, 2.24) is 5.32 Å². The summed E-state index contributed by atoms with van der Waals surface area (Å²) >= 11 is 2.09. The molecule has 0 aromatic carbocycles.